The largest absolute Gasteiger partial charge is 0.392 e. The van der Waals surface area contributed by atoms with Gasteiger partial charge in [0.2, 0.25) is 11.8 Å². The molecule has 0 aromatic heterocycles. The third kappa shape index (κ3) is 5.85. The van der Waals surface area contributed by atoms with Crippen molar-refractivity contribution >= 4 is 17.5 Å². The molecular weight excluding hydrogens is 392 g/mol. The number of rotatable bonds is 7. The molecule has 0 saturated carbocycles. The van der Waals surface area contributed by atoms with Crippen LogP contribution in [-0.2, 0) is 14.4 Å². The van der Waals surface area contributed by atoms with Crippen LogP contribution in [-0.4, -0.2) is 73.2 Å². The zero-order chi connectivity index (χ0) is 22.6. The van der Waals surface area contributed by atoms with Crippen molar-refractivity contribution in [2.45, 2.75) is 58.6 Å². The fourth-order valence-electron chi connectivity index (χ4n) is 4.71. The maximum absolute atomic E-state index is 13.5. The number of likely N-dealkylation sites (N-methyl/N-ethyl adjacent to an activating group) is 1. The van der Waals surface area contributed by atoms with Crippen LogP contribution in [0.1, 0.15) is 50.7 Å². The van der Waals surface area contributed by atoms with Crippen LogP contribution in [0.25, 0.3) is 0 Å². The molecule has 170 valence electrons. The van der Waals surface area contributed by atoms with Crippen LogP contribution in [0, 0.1) is 12.3 Å². The zero-order valence-electron chi connectivity index (χ0n) is 19.5. The predicted octanol–water partition coefficient (Wildman–Crippen LogP) is 2.57. The molecule has 1 saturated heterocycles. The van der Waals surface area contributed by atoms with Gasteiger partial charge in [0, 0.05) is 45.4 Å². The molecule has 7 nitrogen and oxygen atoms in total. The van der Waals surface area contributed by atoms with Gasteiger partial charge in [-0.2, -0.15) is 0 Å². The van der Waals surface area contributed by atoms with Gasteiger partial charge in [-0.3, -0.25) is 9.59 Å². The number of benzene rings is 1. The average molecular weight is 429 g/mol. The number of amides is 2. The molecule has 3 atom stereocenters. The van der Waals surface area contributed by atoms with E-state index in [1.807, 2.05) is 21.0 Å². The molecule has 1 fully saturated rings. The second-order valence-electron chi connectivity index (χ2n) is 9.50. The molecule has 0 bridgehead atoms. The summed E-state index contributed by atoms with van der Waals surface area (Å²) in [5.41, 5.74) is 2.52. The molecule has 0 radical (unpaired) electrons. The normalized spacial score (nSPS) is 24.5. The van der Waals surface area contributed by atoms with Crippen LogP contribution >= 0.6 is 0 Å². The van der Waals surface area contributed by atoms with Gasteiger partial charge in [0.25, 0.3) is 0 Å². The van der Waals surface area contributed by atoms with Crippen molar-refractivity contribution in [2.24, 2.45) is 10.6 Å². The van der Waals surface area contributed by atoms with Gasteiger partial charge in [0.05, 0.1) is 11.1 Å². The topological polar surface area (TPSA) is 74.2 Å². The summed E-state index contributed by atoms with van der Waals surface area (Å²) >= 11 is 0. The van der Waals surface area contributed by atoms with Gasteiger partial charge in [-0.1, -0.05) is 35.0 Å². The minimum atomic E-state index is -0.659. The van der Waals surface area contributed by atoms with Crippen LogP contribution in [0.2, 0.25) is 0 Å². The Bertz CT molecular complexity index is 821. The van der Waals surface area contributed by atoms with Crippen molar-refractivity contribution in [3.8, 4) is 0 Å². The van der Waals surface area contributed by atoms with E-state index >= 15 is 0 Å². The number of oxime groups is 1. The summed E-state index contributed by atoms with van der Waals surface area (Å²) in [5, 5.41) is 7.52. The molecule has 0 spiro atoms. The molecule has 3 rings (SSSR count). The fourth-order valence-corrected chi connectivity index (χ4v) is 4.71. The van der Waals surface area contributed by atoms with Gasteiger partial charge >= 0.3 is 0 Å². The Balaban J connectivity index is 1.73. The first-order chi connectivity index (χ1) is 14.7. The number of carbonyl (C=O) groups is 2. The molecule has 2 heterocycles. The number of hydrogen-bond donors (Lipinski definition) is 1. The van der Waals surface area contributed by atoms with Gasteiger partial charge in [0.1, 0.15) is 6.10 Å². The maximum Gasteiger partial charge on any atom is 0.228 e. The number of hydrogen-bond acceptors (Lipinski definition) is 5. The van der Waals surface area contributed by atoms with Gasteiger partial charge in [0.15, 0.2) is 0 Å². The number of likely N-dealkylation sites (tertiary alicyclic amines) is 1. The van der Waals surface area contributed by atoms with Crippen LogP contribution in [0.5, 0.6) is 0 Å². The SMILES string of the molecule is CC(=O)N1CCC[C@](C[C@@H]2CC(c3ccc(C)cc3)=NO2)(C(=O)N[C@@H](C)CN(C)C)C1. The lowest BCUT2D eigenvalue weighted by Gasteiger charge is -2.42. The first-order valence-electron chi connectivity index (χ1n) is 11.2. The van der Waals surface area contributed by atoms with E-state index < -0.39 is 5.41 Å². The molecule has 2 amide bonds. The average Bonchev–Trinajstić information content (AvgIpc) is 3.16. The Labute approximate surface area is 185 Å². The monoisotopic (exact) mass is 428 g/mol. The highest BCUT2D eigenvalue weighted by Gasteiger charge is 2.46. The van der Waals surface area contributed by atoms with Crippen molar-refractivity contribution in [3.63, 3.8) is 0 Å². The molecule has 31 heavy (non-hydrogen) atoms. The first-order valence-corrected chi connectivity index (χ1v) is 11.2. The first kappa shape index (κ1) is 23.3. The Morgan fingerprint density at radius 3 is 2.68 bits per heavy atom. The summed E-state index contributed by atoms with van der Waals surface area (Å²) in [6.45, 7) is 7.55. The van der Waals surface area contributed by atoms with E-state index in [4.69, 9.17) is 4.84 Å². The summed E-state index contributed by atoms with van der Waals surface area (Å²) in [7, 11) is 3.99. The third-order valence-electron chi connectivity index (χ3n) is 6.26. The second-order valence-corrected chi connectivity index (χ2v) is 9.50. The van der Waals surface area contributed by atoms with Crippen LogP contribution in [0.4, 0.5) is 0 Å². The lowest BCUT2D eigenvalue weighted by molar-refractivity contribution is -0.143. The fraction of sp³-hybridized carbons (Fsp3) is 0.625. The van der Waals surface area contributed by atoms with E-state index in [-0.39, 0.29) is 24.0 Å². The van der Waals surface area contributed by atoms with E-state index in [1.54, 1.807) is 11.8 Å². The van der Waals surface area contributed by atoms with E-state index in [2.05, 4.69) is 46.6 Å². The lowest BCUT2D eigenvalue weighted by atomic mass is 9.73. The summed E-state index contributed by atoms with van der Waals surface area (Å²) in [6.07, 6.45) is 2.62. The molecule has 2 aliphatic rings. The van der Waals surface area contributed by atoms with E-state index in [9.17, 15) is 9.59 Å². The number of piperidine rings is 1. The molecule has 0 aliphatic carbocycles. The van der Waals surface area contributed by atoms with Crippen LogP contribution < -0.4 is 5.32 Å². The number of nitrogens with zero attached hydrogens (tertiary/aromatic N) is 3. The minimum absolute atomic E-state index is 0.0141. The predicted molar refractivity (Wildman–Crippen MR) is 122 cm³/mol. The molecular formula is C24H36N4O3. The van der Waals surface area contributed by atoms with Gasteiger partial charge in [-0.25, -0.2) is 0 Å². The summed E-state index contributed by atoms with van der Waals surface area (Å²) in [4.78, 5) is 35.3. The summed E-state index contributed by atoms with van der Waals surface area (Å²) in [5.74, 6) is 0.0299. The highest BCUT2D eigenvalue weighted by molar-refractivity contribution is 6.01. The maximum atomic E-state index is 13.5. The van der Waals surface area contributed by atoms with Gasteiger partial charge in [-0.15, -0.1) is 0 Å². The summed E-state index contributed by atoms with van der Waals surface area (Å²) < 4.78 is 0. The lowest BCUT2D eigenvalue weighted by Crippen LogP contribution is -2.56. The van der Waals surface area contributed by atoms with E-state index in [0.717, 1.165) is 30.7 Å². The van der Waals surface area contributed by atoms with Crippen molar-refractivity contribution in [3.05, 3.63) is 35.4 Å². The minimum Gasteiger partial charge on any atom is -0.392 e. The van der Waals surface area contributed by atoms with Gasteiger partial charge < -0.3 is 20.0 Å². The number of nitrogens with one attached hydrogen (secondary N) is 1. The van der Waals surface area contributed by atoms with Crippen LogP contribution in [0.3, 0.4) is 0 Å². The molecule has 0 unspecified atom stereocenters. The molecule has 1 aromatic carbocycles. The second kappa shape index (κ2) is 9.81. The van der Waals surface area contributed by atoms with Crippen molar-refractivity contribution in [1.82, 2.24) is 15.1 Å². The quantitative estimate of drug-likeness (QED) is 0.724. The molecule has 1 aromatic rings. The van der Waals surface area contributed by atoms with Crippen molar-refractivity contribution < 1.29 is 14.4 Å². The number of aryl methyl sites for hydroxylation is 1. The highest BCUT2D eigenvalue weighted by atomic mass is 16.6. The Hall–Kier alpha value is -2.41. The molecule has 2 aliphatic heterocycles. The van der Waals surface area contributed by atoms with Crippen molar-refractivity contribution in [1.29, 1.82) is 0 Å². The highest BCUT2D eigenvalue weighted by Crippen LogP contribution is 2.38. The van der Waals surface area contributed by atoms with Crippen molar-refractivity contribution in [2.75, 3.05) is 33.7 Å². The molecule has 1 N–H and O–H groups in total. The zero-order valence-corrected chi connectivity index (χ0v) is 19.5. The smallest absolute Gasteiger partial charge is 0.228 e. The Morgan fingerprint density at radius 2 is 2.03 bits per heavy atom. The standard InChI is InChI=1S/C24H36N4O3/c1-17-7-9-20(10-8-17)22-13-21(31-26-22)14-24(11-6-12-28(16-24)19(3)29)23(30)25-18(2)15-27(4)5/h7-10,18,21H,6,11-16H2,1-5H3,(H,25,30)/t18-,21-,24+/m0/s1. The molecule has 7 heteroatoms. The Kier molecular flexibility index (Phi) is 7.36. The Morgan fingerprint density at radius 1 is 1.32 bits per heavy atom. The number of carbonyl (C=O) groups excluding carboxylic acids is 2. The van der Waals surface area contributed by atoms with Crippen LogP contribution in [0.15, 0.2) is 29.4 Å². The van der Waals surface area contributed by atoms with Gasteiger partial charge in [-0.05, 0) is 46.3 Å². The third-order valence-corrected chi connectivity index (χ3v) is 6.26. The van der Waals surface area contributed by atoms with E-state index in [1.165, 1.54) is 5.56 Å². The summed E-state index contributed by atoms with van der Waals surface area (Å²) in [6, 6.07) is 8.28. The van der Waals surface area contributed by atoms with E-state index in [0.29, 0.717) is 25.9 Å².